The largest absolute Gasteiger partial charge is 0.394 e. The molecule has 1 aromatic heterocycles. The van der Waals surface area contributed by atoms with E-state index < -0.39 is 0 Å². The first-order valence-corrected chi connectivity index (χ1v) is 6.36. The normalized spacial score (nSPS) is 15.5. The molecule has 0 saturated carbocycles. The fraction of sp³-hybridized carbons (Fsp3) is 0.769. The highest BCUT2D eigenvalue weighted by atomic mass is 16.3. The van der Waals surface area contributed by atoms with Gasteiger partial charge in [-0.1, -0.05) is 27.7 Å². The number of hydrogen-bond donors (Lipinski definition) is 2. The Labute approximate surface area is 104 Å². The van der Waals surface area contributed by atoms with E-state index in [4.69, 9.17) is 5.73 Å². The lowest BCUT2D eigenvalue weighted by molar-refractivity contribution is 0.193. The molecule has 0 fully saturated rings. The van der Waals surface area contributed by atoms with Gasteiger partial charge in [0.25, 0.3) is 0 Å². The highest BCUT2D eigenvalue weighted by Crippen LogP contribution is 2.21. The molecule has 1 heterocycles. The van der Waals surface area contributed by atoms with Crippen molar-refractivity contribution in [2.75, 3.05) is 6.61 Å². The van der Waals surface area contributed by atoms with Gasteiger partial charge in [0.2, 0.25) is 0 Å². The molecule has 1 aromatic rings. The van der Waals surface area contributed by atoms with Gasteiger partial charge in [-0.15, -0.1) is 0 Å². The number of imidazole rings is 1. The van der Waals surface area contributed by atoms with Gasteiger partial charge in [0.1, 0.15) is 5.82 Å². The van der Waals surface area contributed by atoms with Gasteiger partial charge in [-0.05, 0) is 12.3 Å². The molecule has 3 N–H and O–H groups in total. The van der Waals surface area contributed by atoms with E-state index in [1.165, 1.54) is 0 Å². The van der Waals surface area contributed by atoms with Gasteiger partial charge in [0.15, 0.2) is 0 Å². The average Bonchev–Trinajstić information content (AvgIpc) is 2.66. The molecule has 0 aromatic carbocycles. The van der Waals surface area contributed by atoms with E-state index in [2.05, 4.69) is 32.7 Å². The Bertz CT molecular complexity index is 333. The lowest BCUT2D eigenvalue weighted by Crippen LogP contribution is -2.36. The zero-order chi connectivity index (χ0) is 13.0. The summed E-state index contributed by atoms with van der Waals surface area (Å²) >= 11 is 0. The zero-order valence-electron chi connectivity index (χ0n) is 11.3. The van der Waals surface area contributed by atoms with E-state index in [1.807, 2.05) is 10.8 Å². The number of nitrogens with zero attached hydrogens (tertiary/aromatic N) is 2. The lowest BCUT2D eigenvalue weighted by Gasteiger charge is -2.27. The van der Waals surface area contributed by atoms with Crippen LogP contribution in [0.3, 0.4) is 0 Å². The van der Waals surface area contributed by atoms with E-state index in [1.54, 1.807) is 6.20 Å². The third kappa shape index (κ3) is 3.54. The first kappa shape index (κ1) is 14.2. The first-order valence-electron chi connectivity index (χ1n) is 6.36. The maximum absolute atomic E-state index is 9.56. The minimum Gasteiger partial charge on any atom is -0.394 e. The molecule has 98 valence electrons. The Morgan fingerprint density at radius 1 is 1.35 bits per heavy atom. The van der Waals surface area contributed by atoms with E-state index >= 15 is 0 Å². The molecule has 0 aliphatic rings. The van der Waals surface area contributed by atoms with Gasteiger partial charge >= 0.3 is 0 Å². The second-order valence-electron chi connectivity index (χ2n) is 5.39. The van der Waals surface area contributed by atoms with Crippen molar-refractivity contribution >= 4 is 0 Å². The van der Waals surface area contributed by atoms with E-state index in [0.29, 0.717) is 11.8 Å². The van der Waals surface area contributed by atoms with Gasteiger partial charge in [-0.25, -0.2) is 4.98 Å². The summed E-state index contributed by atoms with van der Waals surface area (Å²) in [5.74, 6) is 1.86. The Morgan fingerprint density at radius 2 is 2.00 bits per heavy atom. The quantitative estimate of drug-likeness (QED) is 0.797. The lowest BCUT2D eigenvalue weighted by atomic mass is 9.98. The molecule has 0 aliphatic carbocycles. The molecule has 4 heteroatoms. The Morgan fingerprint density at radius 3 is 2.47 bits per heavy atom. The molecule has 2 atom stereocenters. The average molecular weight is 239 g/mol. The highest BCUT2D eigenvalue weighted by molar-refractivity contribution is 5.01. The van der Waals surface area contributed by atoms with Crippen molar-refractivity contribution in [3.8, 4) is 0 Å². The van der Waals surface area contributed by atoms with Crippen LogP contribution in [0.4, 0.5) is 0 Å². The fourth-order valence-corrected chi connectivity index (χ4v) is 2.18. The van der Waals surface area contributed by atoms with Crippen LogP contribution in [-0.4, -0.2) is 27.3 Å². The summed E-state index contributed by atoms with van der Waals surface area (Å²) in [7, 11) is 0. The molecule has 0 aliphatic heterocycles. The van der Waals surface area contributed by atoms with Crippen LogP contribution in [0.15, 0.2) is 12.4 Å². The van der Waals surface area contributed by atoms with Crippen molar-refractivity contribution in [1.29, 1.82) is 0 Å². The number of rotatable bonds is 6. The first-order chi connectivity index (χ1) is 7.97. The van der Waals surface area contributed by atoms with Gasteiger partial charge in [-0.2, -0.15) is 0 Å². The maximum atomic E-state index is 9.56. The fourth-order valence-electron chi connectivity index (χ4n) is 2.18. The van der Waals surface area contributed by atoms with Crippen LogP contribution < -0.4 is 5.73 Å². The van der Waals surface area contributed by atoms with Gasteiger partial charge in [0.05, 0.1) is 12.6 Å². The third-order valence-corrected chi connectivity index (χ3v) is 3.00. The Hall–Kier alpha value is -0.870. The number of nitrogens with two attached hydrogens (primary N) is 1. The summed E-state index contributed by atoms with van der Waals surface area (Å²) in [6, 6.07) is -0.107. The van der Waals surface area contributed by atoms with Gasteiger partial charge in [0, 0.05) is 24.4 Å². The summed E-state index contributed by atoms with van der Waals surface area (Å²) in [4.78, 5) is 4.34. The van der Waals surface area contributed by atoms with Gasteiger partial charge < -0.3 is 15.4 Å². The molecule has 0 radical (unpaired) electrons. The molecule has 0 spiro atoms. The molecule has 0 amide bonds. The van der Waals surface area contributed by atoms with Crippen molar-refractivity contribution in [3.63, 3.8) is 0 Å². The minimum atomic E-state index is -0.0719. The van der Waals surface area contributed by atoms with Crippen LogP contribution in [0, 0.1) is 5.92 Å². The molecule has 4 nitrogen and oxygen atoms in total. The molecular formula is C13H25N3O. The van der Waals surface area contributed by atoms with Crippen LogP contribution in [0.1, 0.15) is 51.9 Å². The predicted octanol–water partition coefficient (Wildman–Crippen LogP) is 1.91. The number of aliphatic hydroxyl groups is 1. The molecule has 17 heavy (non-hydrogen) atoms. The van der Waals surface area contributed by atoms with E-state index in [9.17, 15) is 5.11 Å². The second kappa shape index (κ2) is 6.17. The molecule has 0 saturated heterocycles. The second-order valence-corrected chi connectivity index (χ2v) is 5.39. The Kier molecular flexibility index (Phi) is 5.15. The summed E-state index contributed by atoms with van der Waals surface area (Å²) < 4.78 is 2.03. The van der Waals surface area contributed by atoms with Crippen molar-refractivity contribution in [2.24, 2.45) is 11.7 Å². The maximum Gasteiger partial charge on any atom is 0.111 e. The molecule has 1 rings (SSSR count). The van der Waals surface area contributed by atoms with Crippen LogP contribution in [0.5, 0.6) is 0 Å². The molecular weight excluding hydrogens is 214 g/mol. The minimum absolute atomic E-state index is 0.0355. The third-order valence-electron chi connectivity index (χ3n) is 3.00. The number of aliphatic hydroxyl groups excluding tert-OH is 1. The van der Waals surface area contributed by atoms with Gasteiger partial charge in [-0.3, -0.25) is 0 Å². The topological polar surface area (TPSA) is 64.1 Å². The molecule has 2 unspecified atom stereocenters. The summed E-state index contributed by atoms with van der Waals surface area (Å²) in [6.07, 6.45) is 4.59. The number of aromatic nitrogens is 2. The van der Waals surface area contributed by atoms with Crippen LogP contribution in [0.2, 0.25) is 0 Å². The van der Waals surface area contributed by atoms with Crippen molar-refractivity contribution < 1.29 is 5.11 Å². The van der Waals surface area contributed by atoms with Crippen LogP contribution >= 0.6 is 0 Å². The van der Waals surface area contributed by atoms with E-state index in [-0.39, 0.29) is 18.7 Å². The predicted molar refractivity (Wildman–Crippen MR) is 69.9 cm³/mol. The Balaban J connectivity index is 2.89. The molecule has 0 bridgehead atoms. The smallest absolute Gasteiger partial charge is 0.111 e. The summed E-state index contributed by atoms with van der Waals surface area (Å²) in [6.45, 7) is 8.55. The highest BCUT2D eigenvalue weighted by Gasteiger charge is 2.22. The summed E-state index contributed by atoms with van der Waals surface area (Å²) in [5.41, 5.74) is 6.18. The van der Waals surface area contributed by atoms with Crippen molar-refractivity contribution in [2.45, 2.75) is 52.1 Å². The van der Waals surface area contributed by atoms with Crippen molar-refractivity contribution in [3.05, 3.63) is 18.2 Å². The zero-order valence-corrected chi connectivity index (χ0v) is 11.3. The number of hydrogen-bond acceptors (Lipinski definition) is 3. The van der Waals surface area contributed by atoms with Crippen molar-refractivity contribution in [1.82, 2.24) is 9.55 Å². The standard InChI is InChI=1S/C13H25N3O/c1-9(2)7-11(14)12(8-17)16-6-5-15-13(16)10(3)4/h5-6,9-12,17H,7-8,14H2,1-4H3. The van der Waals surface area contributed by atoms with Crippen LogP contribution in [-0.2, 0) is 0 Å². The summed E-state index contributed by atoms with van der Waals surface area (Å²) in [5, 5.41) is 9.56. The van der Waals surface area contributed by atoms with E-state index in [0.717, 1.165) is 12.2 Å². The monoisotopic (exact) mass is 239 g/mol. The van der Waals surface area contributed by atoms with Crippen LogP contribution in [0.25, 0.3) is 0 Å². The SMILES string of the molecule is CC(C)CC(N)C(CO)n1ccnc1C(C)C.